The van der Waals surface area contributed by atoms with Gasteiger partial charge in [0.25, 0.3) is 0 Å². The lowest BCUT2D eigenvalue weighted by molar-refractivity contribution is -0.121. The van der Waals surface area contributed by atoms with Crippen LogP contribution in [0.4, 0.5) is 14.5 Å². The maximum Gasteiger partial charge on any atom is 0.242 e. The van der Waals surface area contributed by atoms with E-state index in [1.807, 2.05) is 0 Å². The van der Waals surface area contributed by atoms with Crippen molar-refractivity contribution in [1.29, 1.82) is 0 Å². The van der Waals surface area contributed by atoms with Crippen molar-refractivity contribution in [2.24, 2.45) is 0 Å². The predicted molar refractivity (Wildman–Crippen MR) is 66.0 cm³/mol. The Kier molecular flexibility index (Phi) is 4.67. The van der Waals surface area contributed by atoms with E-state index in [2.05, 4.69) is 16.6 Å². The molecule has 0 spiro atoms. The molecule has 0 aliphatic rings. The van der Waals surface area contributed by atoms with E-state index in [9.17, 15) is 13.6 Å². The number of benzene rings is 1. The van der Waals surface area contributed by atoms with Gasteiger partial charge in [0.05, 0.1) is 6.54 Å². The number of halogens is 2. The number of amides is 1. The van der Waals surface area contributed by atoms with Crippen molar-refractivity contribution in [2.75, 3.05) is 11.9 Å². The van der Waals surface area contributed by atoms with E-state index < -0.39 is 23.6 Å². The Balaban J connectivity index is 2.82. The maximum atomic E-state index is 13.7. The fourth-order valence-corrected chi connectivity index (χ4v) is 1.36. The molecule has 1 atom stereocenters. The Morgan fingerprint density at radius 2 is 2.17 bits per heavy atom. The van der Waals surface area contributed by atoms with E-state index >= 15 is 0 Å². The van der Waals surface area contributed by atoms with Gasteiger partial charge in [-0.3, -0.25) is 4.79 Å². The molecule has 2 N–H and O–H groups in total. The first-order chi connectivity index (χ1) is 8.47. The SMILES string of the molecule is C#CCNC(=O)C(C)Nc1c(F)ccc(C)c1F. The van der Waals surface area contributed by atoms with Crippen molar-refractivity contribution in [2.45, 2.75) is 19.9 Å². The predicted octanol–water partition coefficient (Wildman–Crippen LogP) is 1.82. The Bertz CT molecular complexity index is 494. The number of terminal acetylenes is 1. The van der Waals surface area contributed by atoms with Gasteiger partial charge in [-0.05, 0) is 25.5 Å². The van der Waals surface area contributed by atoms with Crippen LogP contribution in [-0.2, 0) is 4.79 Å². The molecule has 1 aromatic rings. The van der Waals surface area contributed by atoms with Crippen LogP contribution >= 0.6 is 0 Å². The number of carbonyl (C=O) groups excluding carboxylic acids is 1. The topological polar surface area (TPSA) is 41.1 Å². The fourth-order valence-electron chi connectivity index (χ4n) is 1.36. The number of aryl methyl sites for hydroxylation is 1. The van der Waals surface area contributed by atoms with Gasteiger partial charge in [-0.25, -0.2) is 8.78 Å². The van der Waals surface area contributed by atoms with E-state index in [0.717, 1.165) is 6.07 Å². The third-order valence-corrected chi connectivity index (χ3v) is 2.40. The smallest absolute Gasteiger partial charge is 0.242 e. The van der Waals surface area contributed by atoms with E-state index in [1.54, 1.807) is 0 Å². The van der Waals surface area contributed by atoms with Crippen molar-refractivity contribution in [1.82, 2.24) is 5.32 Å². The number of carbonyl (C=O) groups is 1. The number of hydrogen-bond acceptors (Lipinski definition) is 2. The molecule has 0 heterocycles. The summed E-state index contributed by atoms with van der Waals surface area (Å²) in [5, 5.41) is 4.92. The summed E-state index contributed by atoms with van der Waals surface area (Å²) in [6, 6.07) is 1.69. The fraction of sp³-hybridized carbons (Fsp3) is 0.308. The van der Waals surface area contributed by atoms with Crippen LogP contribution in [0.3, 0.4) is 0 Å². The zero-order valence-electron chi connectivity index (χ0n) is 10.2. The lowest BCUT2D eigenvalue weighted by atomic mass is 10.1. The average molecular weight is 252 g/mol. The van der Waals surface area contributed by atoms with Gasteiger partial charge in [0.1, 0.15) is 17.5 Å². The zero-order valence-corrected chi connectivity index (χ0v) is 10.2. The Labute approximate surface area is 105 Å². The molecule has 0 fully saturated rings. The number of nitrogens with one attached hydrogen (secondary N) is 2. The second kappa shape index (κ2) is 6.01. The second-order valence-electron chi connectivity index (χ2n) is 3.84. The summed E-state index contributed by atoms with van der Waals surface area (Å²) in [5.41, 5.74) is -0.00603. The van der Waals surface area contributed by atoms with Crippen LogP contribution in [-0.4, -0.2) is 18.5 Å². The molecule has 96 valence electrons. The Morgan fingerprint density at radius 1 is 1.50 bits per heavy atom. The third kappa shape index (κ3) is 3.20. The van der Waals surface area contributed by atoms with Crippen LogP contribution in [0.25, 0.3) is 0 Å². The van der Waals surface area contributed by atoms with Crippen LogP contribution in [0, 0.1) is 30.9 Å². The van der Waals surface area contributed by atoms with Crippen molar-refractivity contribution in [3.05, 3.63) is 29.3 Å². The highest BCUT2D eigenvalue weighted by molar-refractivity contribution is 5.84. The first-order valence-electron chi connectivity index (χ1n) is 5.39. The average Bonchev–Trinajstić information content (AvgIpc) is 2.36. The quantitative estimate of drug-likeness (QED) is 0.803. The first-order valence-corrected chi connectivity index (χ1v) is 5.39. The monoisotopic (exact) mass is 252 g/mol. The number of anilines is 1. The van der Waals surface area contributed by atoms with Crippen molar-refractivity contribution < 1.29 is 13.6 Å². The summed E-state index contributed by atoms with van der Waals surface area (Å²) in [4.78, 5) is 11.5. The van der Waals surface area contributed by atoms with Gasteiger partial charge in [0.2, 0.25) is 5.91 Å². The van der Waals surface area contributed by atoms with Crippen LogP contribution in [0.2, 0.25) is 0 Å². The lowest BCUT2D eigenvalue weighted by Gasteiger charge is -2.16. The van der Waals surface area contributed by atoms with Gasteiger partial charge in [0, 0.05) is 0 Å². The normalized spacial score (nSPS) is 11.5. The second-order valence-corrected chi connectivity index (χ2v) is 3.84. The molecule has 0 bridgehead atoms. The molecule has 0 saturated heterocycles. The summed E-state index contributed by atoms with van der Waals surface area (Å²) < 4.78 is 27.1. The van der Waals surface area contributed by atoms with Gasteiger partial charge in [-0.15, -0.1) is 6.42 Å². The van der Waals surface area contributed by atoms with E-state index in [-0.39, 0.29) is 12.2 Å². The minimum Gasteiger partial charge on any atom is -0.369 e. The maximum absolute atomic E-state index is 13.7. The van der Waals surface area contributed by atoms with E-state index in [1.165, 1.54) is 19.9 Å². The van der Waals surface area contributed by atoms with Crippen LogP contribution in [0.1, 0.15) is 12.5 Å². The minimum absolute atomic E-state index is 0.0731. The third-order valence-electron chi connectivity index (χ3n) is 2.40. The molecule has 1 rings (SSSR count). The van der Waals surface area contributed by atoms with Crippen LogP contribution < -0.4 is 10.6 Å². The summed E-state index contributed by atoms with van der Waals surface area (Å²) >= 11 is 0. The van der Waals surface area contributed by atoms with Gasteiger partial charge in [-0.2, -0.15) is 0 Å². The molecule has 3 nitrogen and oxygen atoms in total. The van der Waals surface area contributed by atoms with E-state index in [0.29, 0.717) is 5.56 Å². The van der Waals surface area contributed by atoms with Crippen LogP contribution in [0.15, 0.2) is 12.1 Å². The summed E-state index contributed by atoms with van der Waals surface area (Å²) in [7, 11) is 0. The highest BCUT2D eigenvalue weighted by Crippen LogP contribution is 2.22. The van der Waals surface area contributed by atoms with Gasteiger partial charge in [-0.1, -0.05) is 12.0 Å². The molecule has 5 heteroatoms. The number of hydrogen-bond donors (Lipinski definition) is 2. The molecular weight excluding hydrogens is 238 g/mol. The Hall–Kier alpha value is -2.09. The highest BCUT2D eigenvalue weighted by Gasteiger charge is 2.17. The lowest BCUT2D eigenvalue weighted by Crippen LogP contribution is -2.38. The molecule has 0 saturated carbocycles. The molecule has 0 aliphatic carbocycles. The molecule has 1 unspecified atom stereocenters. The largest absolute Gasteiger partial charge is 0.369 e. The molecule has 1 aromatic carbocycles. The zero-order chi connectivity index (χ0) is 13.7. The van der Waals surface area contributed by atoms with Gasteiger partial charge >= 0.3 is 0 Å². The summed E-state index contributed by atoms with van der Waals surface area (Å²) in [5.74, 6) is 0.375. The highest BCUT2D eigenvalue weighted by atomic mass is 19.1. The van der Waals surface area contributed by atoms with Crippen molar-refractivity contribution >= 4 is 11.6 Å². The minimum atomic E-state index is -0.788. The molecule has 0 aromatic heterocycles. The van der Waals surface area contributed by atoms with Crippen molar-refractivity contribution in [3.8, 4) is 12.3 Å². The van der Waals surface area contributed by atoms with Crippen molar-refractivity contribution in [3.63, 3.8) is 0 Å². The van der Waals surface area contributed by atoms with E-state index in [4.69, 9.17) is 6.42 Å². The van der Waals surface area contributed by atoms with Crippen LogP contribution in [0.5, 0.6) is 0 Å². The molecular formula is C13H14F2N2O. The number of rotatable bonds is 4. The molecule has 0 aliphatic heterocycles. The first kappa shape index (κ1) is 14.0. The van der Waals surface area contributed by atoms with Gasteiger partial charge < -0.3 is 10.6 Å². The van der Waals surface area contributed by atoms with Gasteiger partial charge in [0.15, 0.2) is 5.82 Å². The summed E-state index contributed by atoms with van der Waals surface area (Å²) in [6.07, 6.45) is 4.99. The summed E-state index contributed by atoms with van der Waals surface area (Å²) in [6.45, 7) is 3.08. The standard InChI is InChI=1S/C13H14F2N2O/c1-4-7-16-13(18)9(3)17-12-10(14)6-5-8(2)11(12)15/h1,5-6,9,17H,7H2,2-3H3,(H,16,18). The molecule has 0 radical (unpaired) electrons. The Morgan fingerprint density at radius 3 is 2.78 bits per heavy atom. The molecule has 1 amide bonds. The molecule has 18 heavy (non-hydrogen) atoms.